The van der Waals surface area contributed by atoms with E-state index in [-0.39, 0.29) is 12.6 Å². The van der Waals surface area contributed by atoms with Crippen molar-refractivity contribution in [1.29, 1.82) is 5.26 Å². The van der Waals surface area contributed by atoms with Gasteiger partial charge in [0.25, 0.3) is 0 Å². The largest absolute Gasteiger partial charge is 0.460 e. The number of anilines is 1. The van der Waals surface area contributed by atoms with Crippen molar-refractivity contribution < 1.29 is 9.53 Å². The van der Waals surface area contributed by atoms with Crippen LogP contribution >= 0.6 is 0 Å². The van der Waals surface area contributed by atoms with Crippen LogP contribution in [0.5, 0.6) is 0 Å². The zero-order valence-electron chi connectivity index (χ0n) is 13.5. The summed E-state index contributed by atoms with van der Waals surface area (Å²) in [4.78, 5) is 16.3. The number of carbonyl (C=O) groups excluding carboxylic acids is 1. The number of hydrogen-bond acceptors (Lipinski definition) is 6. The number of pyridine rings is 1. The summed E-state index contributed by atoms with van der Waals surface area (Å²) < 4.78 is 7.05. The highest BCUT2D eigenvalue weighted by Gasteiger charge is 2.19. The highest BCUT2D eigenvalue weighted by atomic mass is 16.5. The quantitative estimate of drug-likeness (QED) is 0.648. The van der Waals surface area contributed by atoms with Crippen molar-refractivity contribution >= 4 is 11.8 Å². The molecule has 0 bridgehead atoms. The Morgan fingerprint density at radius 2 is 2.26 bits per heavy atom. The van der Waals surface area contributed by atoms with Gasteiger partial charge >= 0.3 is 5.97 Å². The molecule has 7 nitrogen and oxygen atoms in total. The third kappa shape index (κ3) is 3.66. The van der Waals surface area contributed by atoms with Gasteiger partial charge in [0, 0.05) is 12.7 Å². The lowest BCUT2D eigenvalue weighted by Crippen LogP contribution is -2.16. The fourth-order valence-electron chi connectivity index (χ4n) is 2.32. The van der Waals surface area contributed by atoms with Crippen molar-refractivity contribution in [3.05, 3.63) is 40.8 Å². The van der Waals surface area contributed by atoms with Gasteiger partial charge in [-0.2, -0.15) is 10.4 Å². The van der Waals surface area contributed by atoms with Crippen LogP contribution in [-0.2, 0) is 11.3 Å². The maximum Gasteiger partial charge on any atom is 0.341 e. The Morgan fingerprint density at radius 3 is 2.91 bits per heavy atom. The number of nitriles is 1. The van der Waals surface area contributed by atoms with Gasteiger partial charge in [0.15, 0.2) is 0 Å². The van der Waals surface area contributed by atoms with E-state index in [4.69, 9.17) is 10.00 Å². The summed E-state index contributed by atoms with van der Waals surface area (Å²) in [5, 5.41) is 16.3. The van der Waals surface area contributed by atoms with Crippen LogP contribution in [0, 0.1) is 25.2 Å². The predicted molar refractivity (Wildman–Crippen MR) is 85.1 cm³/mol. The second kappa shape index (κ2) is 7.40. The van der Waals surface area contributed by atoms with Crippen molar-refractivity contribution in [2.24, 2.45) is 0 Å². The summed E-state index contributed by atoms with van der Waals surface area (Å²) >= 11 is 0. The number of carbonyl (C=O) groups is 1. The lowest BCUT2D eigenvalue weighted by molar-refractivity contribution is 0.0519. The minimum Gasteiger partial charge on any atom is -0.460 e. The molecule has 0 amide bonds. The Labute approximate surface area is 134 Å². The summed E-state index contributed by atoms with van der Waals surface area (Å²) in [5.41, 5.74) is 2.44. The molecule has 0 aromatic carbocycles. The standard InChI is InChI=1S/C16H19N5O2/c1-4-21-12(3)14(11(2)20-21)16(22)23-9-8-19-15-13(10-17)6-5-7-18-15/h5-7H,4,8-9H2,1-3H3,(H,18,19). The molecule has 120 valence electrons. The Hall–Kier alpha value is -2.88. The van der Waals surface area contributed by atoms with E-state index < -0.39 is 0 Å². The maximum atomic E-state index is 12.2. The molecule has 2 rings (SSSR count). The van der Waals surface area contributed by atoms with Crippen LogP contribution in [-0.4, -0.2) is 33.9 Å². The first-order valence-electron chi connectivity index (χ1n) is 7.38. The Bertz CT molecular complexity index is 745. The molecule has 23 heavy (non-hydrogen) atoms. The zero-order chi connectivity index (χ0) is 16.8. The number of ether oxygens (including phenoxy) is 1. The van der Waals surface area contributed by atoms with Gasteiger partial charge in [0.2, 0.25) is 0 Å². The van der Waals surface area contributed by atoms with Crippen molar-refractivity contribution in [2.75, 3.05) is 18.5 Å². The number of nitrogens with one attached hydrogen (secondary N) is 1. The van der Waals surface area contributed by atoms with Gasteiger partial charge in [-0.25, -0.2) is 9.78 Å². The van der Waals surface area contributed by atoms with Gasteiger partial charge in [0.1, 0.15) is 24.1 Å². The first-order chi connectivity index (χ1) is 11.1. The van der Waals surface area contributed by atoms with Crippen LogP contribution in [0.4, 0.5) is 5.82 Å². The molecular formula is C16H19N5O2. The Kier molecular flexibility index (Phi) is 5.31. The SMILES string of the molecule is CCn1nc(C)c(C(=O)OCCNc2ncccc2C#N)c1C. The molecule has 0 unspecified atom stereocenters. The van der Waals surface area contributed by atoms with Gasteiger partial charge in [-0.3, -0.25) is 4.68 Å². The molecule has 0 aliphatic heterocycles. The molecule has 1 N–H and O–H groups in total. The Morgan fingerprint density at radius 1 is 1.48 bits per heavy atom. The normalized spacial score (nSPS) is 10.2. The van der Waals surface area contributed by atoms with E-state index in [9.17, 15) is 4.79 Å². The van der Waals surface area contributed by atoms with Crippen LogP contribution in [0.3, 0.4) is 0 Å². The smallest absolute Gasteiger partial charge is 0.341 e. The minimum absolute atomic E-state index is 0.177. The first-order valence-corrected chi connectivity index (χ1v) is 7.38. The van der Waals surface area contributed by atoms with Crippen LogP contribution in [0.25, 0.3) is 0 Å². The number of hydrogen-bond donors (Lipinski definition) is 1. The molecule has 0 aliphatic rings. The summed E-state index contributed by atoms with van der Waals surface area (Å²) in [5.74, 6) is 0.0974. The van der Waals surface area contributed by atoms with Gasteiger partial charge < -0.3 is 10.1 Å². The van der Waals surface area contributed by atoms with Crippen molar-refractivity contribution in [1.82, 2.24) is 14.8 Å². The Balaban J connectivity index is 1.91. The summed E-state index contributed by atoms with van der Waals surface area (Å²) in [6.07, 6.45) is 1.60. The van der Waals surface area contributed by atoms with Gasteiger partial charge in [-0.15, -0.1) is 0 Å². The van der Waals surface area contributed by atoms with E-state index in [1.807, 2.05) is 13.8 Å². The summed E-state index contributed by atoms with van der Waals surface area (Å²) in [6, 6.07) is 5.42. The highest BCUT2D eigenvalue weighted by molar-refractivity contribution is 5.91. The fraction of sp³-hybridized carbons (Fsp3) is 0.375. The van der Waals surface area contributed by atoms with E-state index in [1.54, 1.807) is 29.9 Å². The van der Waals surface area contributed by atoms with Gasteiger partial charge in [0.05, 0.1) is 23.5 Å². The topological polar surface area (TPSA) is 92.8 Å². The monoisotopic (exact) mass is 313 g/mol. The molecule has 0 atom stereocenters. The summed E-state index contributed by atoms with van der Waals surface area (Å²) in [6.45, 7) is 6.87. The molecule has 2 aromatic rings. The third-order valence-electron chi connectivity index (χ3n) is 3.44. The third-order valence-corrected chi connectivity index (χ3v) is 3.44. The molecule has 0 fully saturated rings. The lowest BCUT2D eigenvalue weighted by Gasteiger charge is -2.08. The second-order valence-corrected chi connectivity index (χ2v) is 4.94. The van der Waals surface area contributed by atoms with Crippen molar-refractivity contribution in [2.45, 2.75) is 27.3 Å². The molecule has 0 radical (unpaired) electrons. The maximum absolute atomic E-state index is 12.2. The molecule has 2 heterocycles. The number of nitrogens with zero attached hydrogens (tertiary/aromatic N) is 4. The molecule has 2 aromatic heterocycles. The van der Waals surface area contributed by atoms with E-state index in [0.29, 0.717) is 35.7 Å². The van der Waals surface area contributed by atoms with E-state index >= 15 is 0 Å². The molecule has 0 saturated heterocycles. The molecule has 0 spiro atoms. The minimum atomic E-state index is -0.386. The average Bonchev–Trinajstić information content (AvgIpc) is 2.85. The number of aryl methyl sites for hydroxylation is 2. The highest BCUT2D eigenvalue weighted by Crippen LogP contribution is 2.14. The van der Waals surface area contributed by atoms with Crippen molar-refractivity contribution in [3.8, 4) is 6.07 Å². The lowest BCUT2D eigenvalue weighted by atomic mass is 10.2. The number of esters is 1. The first kappa shape index (κ1) is 16.5. The van der Waals surface area contributed by atoms with Crippen molar-refractivity contribution in [3.63, 3.8) is 0 Å². The molecule has 7 heteroatoms. The fourth-order valence-corrected chi connectivity index (χ4v) is 2.32. The van der Waals surface area contributed by atoms with Crippen LogP contribution in [0.2, 0.25) is 0 Å². The van der Waals surface area contributed by atoms with Gasteiger partial charge in [-0.1, -0.05) is 0 Å². The van der Waals surface area contributed by atoms with Crippen LogP contribution < -0.4 is 5.32 Å². The number of rotatable bonds is 6. The molecule has 0 saturated carbocycles. The predicted octanol–water partition coefficient (Wildman–Crippen LogP) is 2.06. The van der Waals surface area contributed by atoms with Crippen LogP contribution in [0.15, 0.2) is 18.3 Å². The van der Waals surface area contributed by atoms with E-state index in [0.717, 1.165) is 5.69 Å². The van der Waals surface area contributed by atoms with Gasteiger partial charge in [-0.05, 0) is 32.9 Å². The zero-order valence-corrected chi connectivity index (χ0v) is 13.5. The summed E-state index contributed by atoms with van der Waals surface area (Å²) in [7, 11) is 0. The second-order valence-electron chi connectivity index (χ2n) is 4.94. The molecule has 0 aliphatic carbocycles. The number of aromatic nitrogens is 3. The average molecular weight is 313 g/mol. The van der Waals surface area contributed by atoms with E-state index in [1.165, 1.54) is 0 Å². The van der Waals surface area contributed by atoms with E-state index in [2.05, 4.69) is 21.5 Å². The van der Waals surface area contributed by atoms with Crippen LogP contribution in [0.1, 0.15) is 34.2 Å². The molecular weight excluding hydrogens is 294 g/mol.